The monoisotopic (exact) mass is 280 g/mol. The number of piperazine rings is 1. The molecular formula is C16H22F2N2. The van der Waals surface area contributed by atoms with Crippen molar-refractivity contribution in [2.75, 3.05) is 24.5 Å². The van der Waals surface area contributed by atoms with E-state index in [1.165, 1.54) is 12.5 Å². The van der Waals surface area contributed by atoms with E-state index >= 15 is 0 Å². The molecule has 0 aromatic heterocycles. The van der Waals surface area contributed by atoms with Crippen LogP contribution in [0, 0.1) is 17.6 Å². The van der Waals surface area contributed by atoms with Gasteiger partial charge in [-0.15, -0.1) is 0 Å². The third-order valence-electron chi connectivity index (χ3n) is 4.74. The average molecular weight is 280 g/mol. The Balaban J connectivity index is 1.94. The molecule has 2 aliphatic heterocycles. The van der Waals surface area contributed by atoms with Crippen LogP contribution in [0.2, 0.25) is 0 Å². The summed E-state index contributed by atoms with van der Waals surface area (Å²) in [6.07, 6.45) is 2.38. The summed E-state index contributed by atoms with van der Waals surface area (Å²) in [6, 6.07) is 5.24. The number of anilines is 1. The predicted molar refractivity (Wildman–Crippen MR) is 76.9 cm³/mol. The van der Waals surface area contributed by atoms with Crippen LogP contribution in [-0.4, -0.2) is 36.6 Å². The van der Waals surface area contributed by atoms with Crippen molar-refractivity contribution in [3.05, 3.63) is 29.8 Å². The molecule has 2 fully saturated rings. The van der Waals surface area contributed by atoms with E-state index in [0.717, 1.165) is 26.1 Å². The van der Waals surface area contributed by atoms with Gasteiger partial charge in [0.05, 0.1) is 5.69 Å². The van der Waals surface area contributed by atoms with Crippen LogP contribution in [0.4, 0.5) is 14.5 Å². The zero-order valence-corrected chi connectivity index (χ0v) is 12.1. The Morgan fingerprint density at radius 2 is 2.00 bits per heavy atom. The number of benzene rings is 1. The molecule has 1 aromatic carbocycles. The normalized spacial score (nSPS) is 27.1. The maximum absolute atomic E-state index is 14.1. The van der Waals surface area contributed by atoms with Crippen LogP contribution in [0.15, 0.2) is 18.2 Å². The summed E-state index contributed by atoms with van der Waals surface area (Å²) in [7, 11) is 0. The van der Waals surface area contributed by atoms with Crippen molar-refractivity contribution in [3.8, 4) is 0 Å². The molecule has 2 saturated heterocycles. The van der Waals surface area contributed by atoms with Crippen molar-refractivity contribution < 1.29 is 8.78 Å². The lowest BCUT2D eigenvalue weighted by Crippen LogP contribution is -2.58. The van der Waals surface area contributed by atoms with Gasteiger partial charge in [0, 0.05) is 25.2 Å². The van der Waals surface area contributed by atoms with Crippen LogP contribution in [0.25, 0.3) is 0 Å². The maximum Gasteiger partial charge on any atom is 0.182 e. The van der Waals surface area contributed by atoms with E-state index in [2.05, 4.69) is 23.6 Å². The third kappa shape index (κ3) is 2.30. The van der Waals surface area contributed by atoms with E-state index in [0.29, 0.717) is 17.6 Å². The van der Waals surface area contributed by atoms with Gasteiger partial charge >= 0.3 is 0 Å². The van der Waals surface area contributed by atoms with Gasteiger partial charge in [-0.05, 0) is 37.4 Å². The van der Waals surface area contributed by atoms with Gasteiger partial charge in [-0.2, -0.15) is 0 Å². The summed E-state index contributed by atoms with van der Waals surface area (Å²) in [5.41, 5.74) is 0.426. The summed E-state index contributed by atoms with van der Waals surface area (Å²) in [6.45, 7) is 7.23. The number of nitrogens with zero attached hydrogens (tertiary/aromatic N) is 2. The van der Waals surface area contributed by atoms with E-state index in [-0.39, 0.29) is 6.04 Å². The van der Waals surface area contributed by atoms with Crippen molar-refractivity contribution in [3.63, 3.8) is 0 Å². The molecular weight excluding hydrogens is 258 g/mol. The van der Waals surface area contributed by atoms with E-state index in [1.807, 2.05) is 0 Å². The molecule has 0 radical (unpaired) electrons. The molecule has 1 aromatic rings. The third-order valence-corrected chi connectivity index (χ3v) is 4.74. The van der Waals surface area contributed by atoms with E-state index in [1.54, 1.807) is 12.1 Å². The fourth-order valence-corrected chi connectivity index (χ4v) is 3.61. The van der Waals surface area contributed by atoms with Gasteiger partial charge in [-0.25, -0.2) is 8.78 Å². The van der Waals surface area contributed by atoms with Gasteiger partial charge in [0.1, 0.15) is 0 Å². The van der Waals surface area contributed by atoms with Gasteiger partial charge in [-0.1, -0.05) is 19.9 Å². The highest BCUT2D eigenvalue weighted by atomic mass is 19.2. The van der Waals surface area contributed by atoms with E-state index in [9.17, 15) is 8.78 Å². The van der Waals surface area contributed by atoms with Crippen LogP contribution in [0.5, 0.6) is 0 Å². The Morgan fingerprint density at radius 3 is 2.75 bits per heavy atom. The molecule has 0 amide bonds. The first-order valence-electron chi connectivity index (χ1n) is 7.52. The number of hydrogen-bond donors (Lipinski definition) is 0. The van der Waals surface area contributed by atoms with Crippen molar-refractivity contribution in [2.24, 2.45) is 5.92 Å². The van der Waals surface area contributed by atoms with Crippen LogP contribution < -0.4 is 4.90 Å². The highest BCUT2D eigenvalue weighted by Crippen LogP contribution is 2.33. The van der Waals surface area contributed by atoms with Gasteiger partial charge in [-0.3, -0.25) is 4.90 Å². The molecule has 2 nitrogen and oxygen atoms in total. The lowest BCUT2D eigenvalue weighted by molar-refractivity contribution is 0.175. The minimum absolute atomic E-state index is 0.251. The van der Waals surface area contributed by atoms with Gasteiger partial charge in [0.25, 0.3) is 0 Å². The summed E-state index contributed by atoms with van der Waals surface area (Å²) >= 11 is 0. The highest BCUT2D eigenvalue weighted by molar-refractivity contribution is 5.50. The SMILES string of the molecule is CC(C)C1CN2CCCC2CN1c1cccc(F)c1F. The molecule has 4 heteroatoms. The average Bonchev–Trinajstić information content (AvgIpc) is 2.87. The predicted octanol–water partition coefficient (Wildman–Crippen LogP) is 3.27. The van der Waals surface area contributed by atoms with Crippen molar-refractivity contribution >= 4 is 5.69 Å². The molecule has 2 aliphatic rings. The van der Waals surface area contributed by atoms with Gasteiger partial charge in [0.15, 0.2) is 11.6 Å². The second kappa shape index (κ2) is 5.32. The van der Waals surface area contributed by atoms with E-state index < -0.39 is 11.6 Å². The number of fused-ring (bicyclic) bond motifs is 1. The molecule has 3 rings (SSSR count). The van der Waals surface area contributed by atoms with Crippen LogP contribution in [0.3, 0.4) is 0 Å². The lowest BCUT2D eigenvalue weighted by Gasteiger charge is -2.46. The first kappa shape index (κ1) is 13.8. The second-order valence-electron chi connectivity index (χ2n) is 6.33. The molecule has 110 valence electrons. The Kier molecular flexibility index (Phi) is 3.67. The maximum atomic E-state index is 14.1. The largest absolute Gasteiger partial charge is 0.363 e. The molecule has 0 spiro atoms. The quantitative estimate of drug-likeness (QED) is 0.820. The van der Waals surface area contributed by atoms with E-state index in [4.69, 9.17) is 0 Å². The number of hydrogen-bond acceptors (Lipinski definition) is 2. The molecule has 0 aliphatic carbocycles. The Bertz CT molecular complexity index is 489. The van der Waals surface area contributed by atoms with Crippen LogP contribution >= 0.6 is 0 Å². The van der Waals surface area contributed by atoms with Crippen LogP contribution in [0.1, 0.15) is 26.7 Å². The minimum atomic E-state index is -0.751. The minimum Gasteiger partial charge on any atom is -0.363 e. The summed E-state index contributed by atoms with van der Waals surface area (Å²) in [5, 5.41) is 0. The Labute approximate surface area is 119 Å². The smallest absolute Gasteiger partial charge is 0.182 e. The first-order chi connectivity index (χ1) is 9.58. The lowest BCUT2D eigenvalue weighted by atomic mass is 9.96. The number of rotatable bonds is 2. The van der Waals surface area contributed by atoms with Crippen molar-refractivity contribution in [1.82, 2.24) is 4.90 Å². The molecule has 0 N–H and O–H groups in total. The van der Waals surface area contributed by atoms with Gasteiger partial charge < -0.3 is 4.90 Å². The van der Waals surface area contributed by atoms with Crippen molar-refractivity contribution in [1.29, 1.82) is 0 Å². The zero-order valence-electron chi connectivity index (χ0n) is 12.1. The van der Waals surface area contributed by atoms with Crippen LogP contribution in [-0.2, 0) is 0 Å². The van der Waals surface area contributed by atoms with Gasteiger partial charge in [0.2, 0.25) is 0 Å². The standard InChI is InChI=1S/C16H22F2N2/c1-11(2)15-10-19-8-4-5-12(19)9-20(15)14-7-3-6-13(17)16(14)18/h3,6-7,11-12,15H,4-5,8-10H2,1-2H3. The summed E-state index contributed by atoms with van der Waals surface area (Å²) in [5.74, 6) is -1.04. The second-order valence-corrected chi connectivity index (χ2v) is 6.33. The molecule has 2 atom stereocenters. The highest BCUT2D eigenvalue weighted by Gasteiger charge is 2.38. The number of halogens is 2. The molecule has 2 heterocycles. The fourth-order valence-electron chi connectivity index (χ4n) is 3.61. The molecule has 2 unspecified atom stereocenters. The fraction of sp³-hybridized carbons (Fsp3) is 0.625. The summed E-state index contributed by atoms with van der Waals surface area (Å²) < 4.78 is 27.7. The molecule has 0 bridgehead atoms. The summed E-state index contributed by atoms with van der Waals surface area (Å²) in [4.78, 5) is 4.61. The Hall–Kier alpha value is -1.16. The molecule has 0 saturated carbocycles. The zero-order chi connectivity index (χ0) is 14.3. The first-order valence-corrected chi connectivity index (χ1v) is 7.52. The van der Waals surface area contributed by atoms with Crippen molar-refractivity contribution in [2.45, 2.75) is 38.8 Å². The topological polar surface area (TPSA) is 6.48 Å². The molecule has 20 heavy (non-hydrogen) atoms. The Morgan fingerprint density at radius 1 is 1.20 bits per heavy atom.